The van der Waals surface area contributed by atoms with Crippen LogP contribution in [0.3, 0.4) is 0 Å². The fourth-order valence-electron chi connectivity index (χ4n) is 2.49. The van der Waals surface area contributed by atoms with E-state index < -0.39 is 10.1 Å². The van der Waals surface area contributed by atoms with Crippen molar-refractivity contribution in [1.82, 2.24) is 9.78 Å². The van der Waals surface area contributed by atoms with E-state index >= 15 is 0 Å². The molecule has 6 nitrogen and oxygen atoms in total. The van der Waals surface area contributed by atoms with Crippen LogP contribution in [0.1, 0.15) is 26.5 Å². The molecule has 0 saturated heterocycles. The average Bonchev–Trinajstić information content (AvgIpc) is 3.05. The molecule has 1 aromatic heterocycles. The van der Waals surface area contributed by atoms with Gasteiger partial charge in [0.1, 0.15) is 10.6 Å². The number of halogens is 1. The molecule has 3 rings (SSSR count). The van der Waals surface area contributed by atoms with Gasteiger partial charge < -0.3 is 8.92 Å². The highest BCUT2D eigenvalue weighted by atomic mass is 35.5. The summed E-state index contributed by atoms with van der Waals surface area (Å²) in [4.78, 5) is 0.0180. The molecule has 2 aromatic carbocycles. The van der Waals surface area contributed by atoms with E-state index in [-0.39, 0.29) is 16.2 Å². The summed E-state index contributed by atoms with van der Waals surface area (Å²) in [6.45, 7) is 5.96. The lowest BCUT2D eigenvalue weighted by atomic mass is 9.93. The number of ether oxygens (including phenoxy) is 1. The lowest BCUT2D eigenvalue weighted by Crippen LogP contribution is -2.13. The molecule has 0 fully saturated rings. The molecule has 148 valence electrons. The van der Waals surface area contributed by atoms with E-state index in [2.05, 4.69) is 5.10 Å². The Kier molecular flexibility index (Phi) is 5.41. The zero-order chi connectivity index (χ0) is 20.5. The Morgan fingerprint density at radius 1 is 1.04 bits per heavy atom. The Bertz CT molecular complexity index is 1080. The van der Waals surface area contributed by atoms with Crippen molar-refractivity contribution in [1.29, 1.82) is 0 Å². The van der Waals surface area contributed by atoms with E-state index in [0.717, 1.165) is 0 Å². The van der Waals surface area contributed by atoms with Crippen LogP contribution in [0.4, 0.5) is 0 Å². The van der Waals surface area contributed by atoms with Crippen molar-refractivity contribution in [3.63, 3.8) is 0 Å². The molecule has 0 bridgehead atoms. The first-order chi connectivity index (χ1) is 13.1. The average molecular weight is 421 g/mol. The maximum absolute atomic E-state index is 12.8. The fourth-order valence-corrected chi connectivity index (χ4v) is 3.58. The van der Waals surface area contributed by atoms with E-state index in [9.17, 15) is 8.42 Å². The van der Waals surface area contributed by atoms with Crippen molar-refractivity contribution >= 4 is 21.7 Å². The molecule has 0 aliphatic carbocycles. The number of rotatable bonds is 5. The normalized spacial score (nSPS) is 12.0. The van der Waals surface area contributed by atoms with Gasteiger partial charge in [0.2, 0.25) is 5.88 Å². The van der Waals surface area contributed by atoms with Crippen LogP contribution >= 0.6 is 11.6 Å². The standard InChI is InChI=1S/C20H21ClN2O4S/c1-20(2,3)18-13-19(23(22-18)15-7-5-6-14(21)12-15)27-28(24,25)17-10-8-16(26-4)9-11-17/h5-13H,1-4H3. The number of hydrogen-bond acceptors (Lipinski definition) is 5. The summed E-state index contributed by atoms with van der Waals surface area (Å²) in [5, 5.41) is 5.06. The Morgan fingerprint density at radius 2 is 1.71 bits per heavy atom. The molecule has 0 atom stereocenters. The van der Waals surface area contributed by atoms with Gasteiger partial charge in [-0.15, -0.1) is 0 Å². The van der Waals surface area contributed by atoms with Gasteiger partial charge in [0.25, 0.3) is 0 Å². The van der Waals surface area contributed by atoms with Crippen molar-refractivity contribution in [2.24, 2.45) is 0 Å². The Morgan fingerprint density at radius 3 is 2.29 bits per heavy atom. The topological polar surface area (TPSA) is 70.4 Å². The minimum atomic E-state index is -4.06. The Labute approximate surface area is 169 Å². The summed E-state index contributed by atoms with van der Waals surface area (Å²) in [6, 6.07) is 14.6. The lowest BCUT2D eigenvalue weighted by Gasteiger charge is -2.13. The minimum absolute atomic E-state index is 0.0180. The highest BCUT2D eigenvalue weighted by Crippen LogP contribution is 2.30. The Hall–Kier alpha value is -2.51. The third kappa shape index (κ3) is 4.31. The van der Waals surface area contributed by atoms with Crippen molar-refractivity contribution < 1.29 is 17.3 Å². The number of benzene rings is 2. The molecule has 0 radical (unpaired) electrons. The molecular formula is C20H21ClN2O4S. The van der Waals surface area contributed by atoms with E-state index in [1.54, 1.807) is 42.5 Å². The van der Waals surface area contributed by atoms with Gasteiger partial charge in [-0.25, -0.2) is 0 Å². The zero-order valence-corrected chi connectivity index (χ0v) is 17.6. The van der Waals surface area contributed by atoms with Gasteiger partial charge in [0.15, 0.2) is 0 Å². The predicted octanol–water partition coefficient (Wildman–Crippen LogP) is 4.60. The quantitative estimate of drug-likeness (QED) is 0.564. The van der Waals surface area contributed by atoms with Crippen LogP contribution < -0.4 is 8.92 Å². The lowest BCUT2D eigenvalue weighted by molar-refractivity contribution is 0.414. The molecule has 1 heterocycles. The monoisotopic (exact) mass is 420 g/mol. The molecule has 0 spiro atoms. The number of hydrogen-bond donors (Lipinski definition) is 0. The van der Waals surface area contributed by atoms with Gasteiger partial charge in [-0.3, -0.25) is 0 Å². The van der Waals surface area contributed by atoms with Crippen molar-refractivity contribution in [3.05, 3.63) is 65.3 Å². The number of aromatic nitrogens is 2. The van der Waals surface area contributed by atoms with Crippen LogP contribution in [0.15, 0.2) is 59.5 Å². The van der Waals surface area contributed by atoms with Crippen LogP contribution in [-0.4, -0.2) is 25.3 Å². The van der Waals surface area contributed by atoms with Crippen molar-refractivity contribution in [3.8, 4) is 17.3 Å². The number of methoxy groups -OCH3 is 1. The SMILES string of the molecule is COc1ccc(S(=O)(=O)Oc2cc(C(C)(C)C)nn2-c2cccc(Cl)c2)cc1. The van der Waals surface area contributed by atoms with Gasteiger partial charge in [-0.1, -0.05) is 38.4 Å². The van der Waals surface area contributed by atoms with E-state index in [0.29, 0.717) is 22.2 Å². The van der Waals surface area contributed by atoms with E-state index in [4.69, 9.17) is 20.5 Å². The van der Waals surface area contributed by atoms with Crippen LogP contribution in [-0.2, 0) is 15.5 Å². The largest absolute Gasteiger partial charge is 0.497 e. The summed E-state index contributed by atoms with van der Waals surface area (Å²) in [7, 11) is -2.55. The molecule has 0 aliphatic heterocycles. The number of nitrogens with zero attached hydrogens (tertiary/aromatic N) is 2. The van der Waals surface area contributed by atoms with E-state index in [1.807, 2.05) is 20.8 Å². The summed E-state index contributed by atoms with van der Waals surface area (Å²) in [5.74, 6) is 0.640. The fraction of sp³-hybridized carbons (Fsp3) is 0.250. The molecule has 8 heteroatoms. The summed E-state index contributed by atoms with van der Waals surface area (Å²) < 4.78 is 37.5. The van der Waals surface area contributed by atoms with Gasteiger partial charge in [-0.05, 0) is 42.5 Å². The van der Waals surface area contributed by atoms with Gasteiger partial charge in [0, 0.05) is 16.5 Å². The zero-order valence-electron chi connectivity index (χ0n) is 16.0. The molecule has 0 unspecified atom stereocenters. The van der Waals surface area contributed by atoms with Gasteiger partial charge in [-0.2, -0.15) is 18.2 Å². The summed E-state index contributed by atoms with van der Waals surface area (Å²) in [6.07, 6.45) is 0. The second-order valence-electron chi connectivity index (χ2n) is 7.22. The maximum Gasteiger partial charge on any atom is 0.340 e. The summed E-state index contributed by atoms with van der Waals surface area (Å²) in [5.41, 5.74) is 0.988. The first kappa shape index (κ1) is 20.2. The molecule has 28 heavy (non-hydrogen) atoms. The van der Waals surface area contributed by atoms with Crippen molar-refractivity contribution in [2.75, 3.05) is 7.11 Å². The molecule has 3 aromatic rings. The van der Waals surface area contributed by atoms with Crippen LogP contribution in [0.5, 0.6) is 11.6 Å². The molecule has 0 aliphatic rings. The molecule has 0 amide bonds. The Balaban J connectivity index is 2.05. The first-order valence-electron chi connectivity index (χ1n) is 8.55. The third-order valence-corrected chi connectivity index (χ3v) is 5.52. The van der Waals surface area contributed by atoms with Gasteiger partial charge >= 0.3 is 10.1 Å². The second kappa shape index (κ2) is 7.48. The van der Waals surface area contributed by atoms with Crippen LogP contribution in [0, 0.1) is 0 Å². The first-order valence-corrected chi connectivity index (χ1v) is 10.3. The molecule has 0 saturated carbocycles. The minimum Gasteiger partial charge on any atom is -0.497 e. The maximum atomic E-state index is 12.8. The van der Waals surface area contributed by atoms with Crippen LogP contribution in [0.2, 0.25) is 5.02 Å². The predicted molar refractivity (Wildman–Crippen MR) is 108 cm³/mol. The molecular weight excluding hydrogens is 400 g/mol. The highest BCUT2D eigenvalue weighted by Gasteiger charge is 2.25. The third-order valence-electron chi connectivity index (χ3n) is 4.04. The molecule has 0 N–H and O–H groups in total. The second-order valence-corrected chi connectivity index (χ2v) is 9.21. The summed E-state index contributed by atoms with van der Waals surface area (Å²) >= 11 is 6.09. The highest BCUT2D eigenvalue weighted by molar-refractivity contribution is 7.87. The van der Waals surface area contributed by atoms with Crippen LogP contribution in [0.25, 0.3) is 5.69 Å². The van der Waals surface area contributed by atoms with Crippen molar-refractivity contribution in [2.45, 2.75) is 31.1 Å². The van der Waals surface area contributed by atoms with E-state index in [1.165, 1.54) is 23.9 Å². The smallest absolute Gasteiger partial charge is 0.340 e. The van der Waals surface area contributed by atoms with Gasteiger partial charge in [0.05, 0.1) is 18.5 Å².